The summed E-state index contributed by atoms with van der Waals surface area (Å²) in [6.07, 6.45) is -3.98. The smallest absolute Gasteiger partial charge is 0.358 e. The number of anilines is 2. The molecule has 1 aromatic carbocycles. The highest BCUT2D eigenvalue weighted by Gasteiger charge is 2.36. The number of pyridine rings is 1. The summed E-state index contributed by atoms with van der Waals surface area (Å²) in [6.45, 7) is -0.449. The Bertz CT molecular complexity index is 827. The van der Waals surface area contributed by atoms with Crippen LogP contribution in [0.2, 0.25) is 5.02 Å². The number of carbonyl (C=O) groups excluding carboxylic acids is 2. The number of halogens is 4. The predicted molar refractivity (Wildman–Crippen MR) is 90.4 cm³/mol. The Morgan fingerprint density at radius 3 is 2.58 bits per heavy atom. The minimum absolute atomic E-state index is 0.109. The Morgan fingerprint density at radius 2 is 1.96 bits per heavy atom. The fraction of sp³-hybridized carbons (Fsp3) is 0.188. The number of benzene rings is 1. The van der Waals surface area contributed by atoms with Gasteiger partial charge in [-0.05, 0) is 24.3 Å². The summed E-state index contributed by atoms with van der Waals surface area (Å²) >= 11 is 5.83. The van der Waals surface area contributed by atoms with Gasteiger partial charge in [-0.25, -0.2) is 4.98 Å². The van der Waals surface area contributed by atoms with Crippen LogP contribution in [0, 0.1) is 0 Å². The van der Waals surface area contributed by atoms with E-state index in [9.17, 15) is 22.8 Å². The molecular weight excluding hydrogens is 373 g/mol. The molecule has 1 heterocycles. The van der Waals surface area contributed by atoms with Gasteiger partial charge in [0, 0.05) is 24.0 Å². The van der Waals surface area contributed by atoms with Crippen LogP contribution < -0.4 is 16.0 Å². The predicted octanol–water partition coefficient (Wildman–Crippen LogP) is 2.97. The number of aromatic nitrogens is 1. The molecule has 0 saturated heterocycles. The van der Waals surface area contributed by atoms with Crippen molar-refractivity contribution in [1.82, 2.24) is 15.6 Å². The molecule has 2 aromatic rings. The van der Waals surface area contributed by atoms with Crippen LogP contribution in [0.3, 0.4) is 0 Å². The van der Waals surface area contributed by atoms with E-state index in [0.717, 1.165) is 12.3 Å². The number of hydrogen-bond donors (Lipinski definition) is 3. The quantitative estimate of drug-likeness (QED) is 0.737. The van der Waals surface area contributed by atoms with Gasteiger partial charge in [-0.15, -0.1) is 0 Å². The van der Waals surface area contributed by atoms with Crippen LogP contribution in [0.1, 0.15) is 15.9 Å². The lowest BCUT2D eigenvalue weighted by Gasteiger charge is -2.14. The number of nitrogens with one attached hydrogen (secondary N) is 3. The first-order valence-corrected chi connectivity index (χ1v) is 7.67. The molecule has 0 spiro atoms. The molecule has 0 saturated carbocycles. The van der Waals surface area contributed by atoms with Crippen LogP contribution in [-0.4, -0.2) is 30.4 Å². The SMILES string of the molecule is CNC(=O)CNC(=O)c1cnc(Nc2cccc(Cl)c2)cc1C(F)(F)F. The maximum atomic E-state index is 13.3. The zero-order chi connectivity index (χ0) is 19.3. The summed E-state index contributed by atoms with van der Waals surface area (Å²) in [5, 5.41) is 7.45. The first-order valence-electron chi connectivity index (χ1n) is 7.29. The molecule has 2 rings (SSSR count). The Balaban J connectivity index is 2.30. The first-order chi connectivity index (χ1) is 12.2. The molecule has 1 aromatic heterocycles. The van der Waals surface area contributed by atoms with Crippen LogP contribution in [0.5, 0.6) is 0 Å². The van der Waals surface area contributed by atoms with E-state index >= 15 is 0 Å². The summed E-state index contributed by atoms with van der Waals surface area (Å²) in [5.41, 5.74) is -1.42. The van der Waals surface area contributed by atoms with E-state index in [-0.39, 0.29) is 5.82 Å². The monoisotopic (exact) mass is 386 g/mol. The van der Waals surface area contributed by atoms with Crippen molar-refractivity contribution in [3.8, 4) is 0 Å². The molecule has 6 nitrogen and oxygen atoms in total. The van der Waals surface area contributed by atoms with E-state index < -0.39 is 35.7 Å². The topological polar surface area (TPSA) is 83.1 Å². The Labute approximate surface area is 151 Å². The van der Waals surface area contributed by atoms with Gasteiger partial charge >= 0.3 is 6.18 Å². The molecule has 0 aliphatic rings. The summed E-state index contributed by atoms with van der Waals surface area (Å²) in [5.74, 6) is -1.70. The third-order valence-electron chi connectivity index (χ3n) is 3.24. The minimum atomic E-state index is -4.78. The Morgan fingerprint density at radius 1 is 1.23 bits per heavy atom. The van der Waals surface area contributed by atoms with Crippen LogP contribution >= 0.6 is 11.6 Å². The number of nitrogens with zero attached hydrogens (tertiary/aromatic N) is 1. The third kappa shape index (κ3) is 5.09. The van der Waals surface area contributed by atoms with Gasteiger partial charge < -0.3 is 16.0 Å². The maximum absolute atomic E-state index is 13.3. The molecule has 0 atom stereocenters. The zero-order valence-corrected chi connectivity index (χ0v) is 14.2. The summed E-state index contributed by atoms with van der Waals surface area (Å²) in [6, 6.07) is 7.07. The van der Waals surface area contributed by atoms with Crippen molar-refractivity contribution in [2.24, 2.45) is 0 Å². The van der Waals surface area contributed by atoms with E-state index in [1.807, 2.05) is 0 Å². The van der Waals surface area contributed by atoms with Crippen molar-refractivity contribution in [2.75, 3.05) is 18.9 Å². The van der Waals surface area contributed by atoms with E-state index in [2.05, 4.69) is 20.9 Å². The van der Waals surface area contributed by atoms with Crippen LogP contribution in [0.15, 0.2) is 36.5 Å². The molecule has 26 heavy (non-hydrogen) atoms. The van der Waals surface area contributed by atoms with Crippen molar-refractivity contribution < 1.29 is 22.8 Å². The lowest BCUT2D eigenvalue weighted by atomic mass is 10.1. The van der Waals surface area contributed by atoms with Gasteiger partial charge in [-0.1, -0.05) is 17.7 Å². The lowest BCUT2D eigenvalue weighted by molar-refractivity contribution is -0.137. The average molecular weight is 387 g/mol. The second kappa shape index (κ2) is 8.05. The van der Waals surface area contributed by atoms with Gasteiger partial charge in [0.25, 0.3) is 5.91 Å². The largest absolute Gasteiger partial charge is 0.417 e. The zero-order valence-electron chi connectivity index (χ0n) is 13.4. The van der Waals surface area contributed by atoms with Crippen molar-refractivity contribution in [1.29, 1.82) is 0 Å². The molecule has 2 amide bonds. The summed E-state index contributed by atoms with van der Waals surface area (Å²) < 4.78 is 40.0. The van der Waals surface area contributed by atoms with Crippen LogP contribution in [-0.2, 0) is 11.0 Å². The maximum Gasteiger partial charge on any atom is 0.417 e. The minimum Gasteiger partial charge on any atom is -0.358 e. The highest BCUT2D eigenvalue weighted by atomic mass is 35.5. The van der Waals surface area contributed by atoms with Crippen molar-refractivity contribution >= 4 is 34.9 Å². The second-order valence-corrected chi connectivity index (χ2v) is 5.54. The summed E-state index contributed by atoms with van der Waals surface area (Å²) in [7, 11) is 1.34. The van der Waals surface area contributed by atoms with E-state index in [1.54, 1.807) is 18.2 Å². The van der Waals surface area contributed by atoms with Crippen molar-refractivity contribution in [3.63, 3.8) is 0 Å². The molecule has 0 unspecified atom stereocenters. The van der Waals surface area contributed by atoms with Crippen molar-refractivity contribution in [3.05, 3.63) is 52.7 Å². The van der Waals surface area contributed by atoms with Gasteiger partial charge in [-0.2, -0.15) is 13.2 Å². The Hall–Kier alpha value is -2.81. The number of likely N-dealkylation sites (N-methyl/N-ethyl adjacent to an activating group) is 1. The van der Waals surface area contributed by atoms with Gasteiger partial charge in [-0.3, -0.25) is 9.59 Å². The van der Waals surface area contributed by atoms with E-state index in [1.165, 1.54) is 13.1 Å². The number of amides is 2. The van der Waals surface area contributed by atoms with Crippen LogP contribution in [0.4, 0.5) is 24.7 Å². The highest BCUT2D eigenvalue weighted by Crippen LogP contribution is 2.33. The molecule has 10 heteroatoms. The molecule has 0 aliphatic carbocycles. The molecule has 0 fully saturated rings. The van der Waals surface area contributed by atoms with Gasteiger partial charge in [0.15, 0.2) is 0 Å². The number of carbonyl (C=O) groups is 2. The van der Waals surface area contributed by atoms with E-state index in [4.69, 9.17) is 11.6 Å². The lowest BCUT2D eigenvalue weighted by Crippen LogP contribution is -2.36. The first kappa shape index (κ1) is 19.5. The van der Waals surface area contributed by atoms with Gasteiger partial charge in [0.2, 0.25) is 5.91 Å². The standard InChI is InChI=1S/C16H14ClF3N4O2/c1-21-14(25)8-23-15(26)11-7-22-13(6-12(11)16(18,19)20)24-10-4-2-3-9(17)5-10/h2-7H,8H2,1H3,(H,21,25)(H,22,24)(H,23,26). The fourth-order valence-corrected chi connectivity index (χ4v) is 2.19. The molecule has 3 N–H and O–H groups in total. The highest BCUT2D eigenvalue weighted by molar-refractivity contribution is 6.30. The number of rotatable bonds is 5. The number of alkyl halides is 3. The summed E-state index contributed by atoms with van der Waals surface area (Å²) in [4.78, 5) is 26.9. The molecule has 0 bridgehead atoms. The molecule has 0 radical (unpaired) electrons. The second-order valence-electron chi connectivity index (χ2n) is 5.10. The molecule has 0 aliphatic heterocycles. The average Bonchev–Trinajstić information content (AvgIpc) is 2.58. The molecule has 138 valence electrons. The molecular formula is C16H14ClF3N4O2. The fourth-order valence-electron chi connectivity index (χ4n) is 2.00. The van der Waals surface area contributed by atoms with Gasteiger partial charge in [0.05, 0.1) is 17.7 Å². The van der Waals surface area contributed by atoms with Crippen LogP contribution in [0.25, 0.3) is 0 Å². The van der Waals surface area contributed by atoms with E-state index in [0.29, 0.717) is 10.7 Å². The number of hydrogen-bond acceptors (Lipinski definition) is 4. The van der Waals surface area contributed by atoms with Crippen molar-refractivity contribution in [2.45, 2.75) is 6.18 Å². The normalized spacial score (nSPS) is 11.0. The third-order valence-corrected chi connectivity index (χ3v) is 3.47. The Kier molecular flexibility index (Phi) is 6.04. The van der Waals surface area contributed by atoms with Gasteiger partial charge in [0.1, 0.15) is 5.82 Å².